The van der Waals surface area contributed by atoms with Crippen molar-refractivity contribution in [2.24, 2.45) is 16.8 Å². The Morgan fingerprint density at radius 2 is 1.64 bits per heavy atom. The minimum absolute atomic E-state index is 0. The van der Waals surface area contributed by atoms with Crippen LogP contribution < -0.4 is 10.6 Å². The van der Waals surface area contributed by atoms with E-state index in [1.807, 2.05) is 0 Å². The Morgan fingerprint density at radius 3 is 2.32 bits per heavy atom. The third kappa shape index (κ3) is 11.2. The lowest BCUT2D eigenvalue weighted by Gasteiger charge is -2.34. The van der Waals surface area contributed by atoms with Gasteiger partial charge in [0.25, 0.3) is 0 Å². The van der Waals surface area contributed by atoms with E-state index in [2.05, 4.69) is 41.2 Å². The second kappa shape index (κ2) is 15.7. The van der Waals surface area contributed by atoms with Gasteiger partial charge in [0.15, 0.2) is 5.96 Å². The van der Waals surface area contributed by atoms with Crippen molar-refractivity contribution in [2.75, 3.05) is 72.1 Å². The van der Waals surface area contributed by atoms with Crippen molar-refractivity contribution in [3.8, 4) is 0 Å². The summed E-state index contributed by atoms with van der Waals surface area (Å²) in [5.41, 5.74) is 0. The fraction of sp³-hybridized carbons (Fsp3) is 0.952. The number of likely N-dealkylation sites (tertiary alicyclic amines) is 1. The summed E-state index contributed by atoms with van der Waals surface area (Å²) < 4.78 is 5.40. The fourth-order valence-corrected chi connectivity index (χ4v) is 4.29. The standard InChI is InChI=1S/C21H43N5O.HI/c1-4-22-21(24-9-7-11-25-12-14-27-15-13-25)23-8-5-6-10-26-17-19(2)16-20(3)18-26;/h19-20H,4-18H2,1-3H3,(H2,22,23,24);1H. The zero-order valence-electron chi connectivity index (χ0n) is 18.4. The van der Waals surface area contributed by atoms with Gasteiger partial charge >= 0.3 is 0 Å². The number of morpholine rings is 1. The van der Waals surface area contributed by atoms with E-state index in [4.69, 9.17) is 9.73 Å². The highest BCUT2D eigenvalue weighted by Gasteiger charge is 2.20. The van der Waals surface area contributed by atoms with Crippen LogP contribution >= 0.6 is 24.0 Å². The number of unbranched alkanes of at least 4 members (excludes halogenated alkanes) is 1. The summed E-state index contributed by atoms with van der Waals surface area (Å²) in [6.07, 6.45) is 4.98. The van der Waals surface area contributed by atoms with E-state index in [1.165, 1.54) is 38.9 Å². The highest BCUT2D eigenvalue weighted by Crippen LogP contribution is 2.20. The average molecular weight is 510 g/mol. The molecule has 6 nitrogen and oxygen atoms in total. The van der Waals surface area contributed by atoms with Gasteiger partial charge in [-0.2, -0.15) is 0 Å². The smallest absolute Gasteiger partial charge is 0.191 e. The zero-order chi connectivity index (χ0) is 19.3. The molecule has 2 atom stereocenters. The molecule has 0 saturated carbocycles. The van der Waals surface area contributed by atoms with E-state index in [0.717, 1.165) is 76.7 Å². The quantitative estimate of drug-likeness (QED) is 0.205. The normalized spacial score (nSPS) is 24.6. The van der Waals surface area contributed by atoms with Crippen LogP contribution in [-0.2, 0) is 4.74 Å². The summed E-state index contributed by atoms with van der Waals surface area (Å²) in [6.45, 7) is 18.5. The van der Waals surface area contributed by atoms with Crippen LogP contribution in [0.4, 0.5) is 0 Å². The van der Waals surface area contributed by atoms with Crippen LogP contribution in [0.5, 0.6) is 0 Å². The van der Waals surface area contributed by atoms with Crippen LogP contribution in [0.2, 0.25) is 0 Å². The molecular weight excluding hydrogens is 465 g/mol. The number of guanidine groups is 1. The summed E-state index contributed by atoms with van der Waals surface area (Å²) >= 11 is 0. The number of hydrogen-bond acceptors (Lipinski definition) is 4. The number of halogens is 1. The van der Waals surface area contributed by atoms with Crippen LogP contribution in [0.1, 0.15) is 46.5 Å². The maximum absolute atomic E-state index is 5.40. The fourth-order valence-electron chi connectivity index (χ4n) is 4.29. The van der Waals surface area contributed by atoms with Gasteiger partial charge in [0.1, 0.15) is 0 Å². The van der Waals surface area contributed by atoms with Gasteiger partial charge in [-0.1, -0.05) is 13.8 Å². The highest BCUT2D eigenvalue weighted by atomic mass is 127. The topological polar surface area (TPSA) is 52.1 Å². The van der Waals surface area contributed by atoms with E-state index < -0.39 is 0 Å². The van der Waals surface area contributed by atoms with Crippen molar-refractivity contribution in [3.63, 3.8) is 0 Å². The van der Waals surface area contributed by atoms with Gasteiger partial charge in [-0.15, -0.1) is 24.0 Å². The number of aliphatic imine (C=N–C) groups is 1. The predicted octanol–water partition coefficient (Wildman–Crippen LogP) is 2.64. The van der Waals surface area contributed by atoms with Gasteiger partial charge in [-0.25, -0.2) is 0 Å². The highest BCUT2D eigenvalue weighted by molar-refractivity contribution is 14.0. The Bertz CT molecular complexity index is 408. The molecule has 2 unspecified atom stereocenters. The number of rotatable bonds is 10. The van der Waals surface area contributed by atoms with Crippen molar-refractivity contribution in [1.29, 1.82) is 0 Å². The van der Waals surface area contributed by atoms with Crippen molar-refractivity contribution < 1.29 is 4.74 Å². The monoisotopic (exact) mass is 509 g/mol. The van der Waals surface area contributed by atoms with Gasteiger partial charge in [0.05, 0.1) is 13.2 Å². The van der Waals surface area contributed by atoms with E-state index >= 15 is 0 Å². The molecular formula is C21H44IN5O. The summed E-state index contributed by atoms with van der Waals surface area (Å²) in [5.74, 6) is 2.69. The minimum atomic E-state index is 0. The third-order valence-electron chi connectivity index (χ3n) is 5.49. The van der Waals surface area contributed by atoms with Gasteiger partial charge in [-0.3, -0.25) is 9.89 Å². The van der Waals surface area contributed by atoms with Crippen molar-refractivity contribution >= 4 is 29.9 Å². The lowest BCUT2D eigenvalue weighted by atomic mass is 9.92. The zero-order valence-corrected chi connectivity index (χ0v) is 20.7. The van der Waals surface area contributed by atoms with Crippen LogP contribution in [-0.4, -0.2) is 87.9 Å². The molecule has 166 valence electrons. The number of nitrogens with one attached hydrogen (secondary N) is 2. The molecule has 0 amide bonds. The SMILES string of the molecule is CCNC(=NCCCN1CCOCC1)NCCCCN1CC(C)CC(C)C1.I. The summed E-state index contributed by atoms with van der Waals surface area (Å²) in [5, 5.41) is 6.87. The molecule has 0 aliphatic carbocycles. The third-order valence-corrected chi connectivity index (χ3v) is 5.49. The summed E-state index contributed by atoms with van der Waals surface area (Å²) in [4.78, 5) is 9.86. The molecule has 2 N–H and O–H groups in total. The van der Waals surface area contributed by atoms with Crippen molar-refractivity contribution in [2.45, 2.75) is 46.5 Å². The number of piperidine rings is 1. The number of hydrogen-bond donors (Lipinski definition) is 2. The first-order valence-corrected chi connectivity index (χ1v) is 11.2. The molecule has 2 saturated heterocycles. The molecule has 0 radical (unpaired) electrons. The second-order valence-electron chi connectivity index (χ2n) is 8.41. The van der Waals surface area contributed by atoms with Crippen LogP contribution in [0.25, 0.3) is 0 Å². The van der Waals surface area contributed by atoms with Gasteiger partial charge in [0.2, 0.25) is 0 Å². The molecule has 0 spiro atoms. The Hall–Kier alpha value is -0.120. The van der Waals surface area contributed by atoms with Crippen molar-refractivity contribution in [3.05, 3.63) is 0 Å². The first-order valence-electron chi connectivity index (χ1n) is 11.2. The summed E-state index contributed by atoms with van der Waals surface area (Å²) in [6, 6.07) is 0. The maximum atomic E-state index is 5.40. The average Bonchev–Trinajstić information content (AvgIpc) is 2.65. The molecule has 0 aromatic heterocycles. The second-order valence-corrected chi connectivity index (χ2v) is 8.41. The molecule has 0 aromatic carbocycles. The molecule has 2 fully saturated rings. The Morgan fingerprint density at radius 1 is 0.964 bits per heavy atom. The Kier molecular flexibility index (Phi) is 14.5. The molecule has 28 heavy (non-hydrogen) atoms. The van der Waals surface area contributed by atoms with Crippen LogP contribution in [0.3, 0.4) is 0 Å². The summed E-state index contributed by atoms with van der Waals surface area (Å²) in [7, 11) is 0. The lowest BCUT2D eigenvalue weighted by molar-refractivity contribution is 0.0377. The molecule has 2 rings (SSSR count). The van der Waals surface area contributed by atoms with Gasteiger partial charge in [-0.05, 0) is 51.0 Å². The molecule has 2 aliphatic rings. The molecule has 0 aromatic rings. The molecule has 2 heterocycles. The molecule has 2 aliphatic heterocycles. The van der Waals surface area contributed by atoms with Crippen molar-refractivity contribution in [1.82, 2.24) is 20.4 Å². The first kappa shape index (κ1) is 25.9. The van der Waals surface area contributed by atoms with E-state index in [0.29, 0.717) is 0 Å². The number of ether oxygens (including phenoxy) is 1. The maximum Gasteiger partial charge on any atom is 0.191 e. The van der Waals surface area contributed by atoms with E-state index in [1.54, 1.807) is 0 Å². The van der Waals surface area contributed by atoms with Crippen LogP contribution in [0, 0.1) is 11.8 Å². The van der Waals surface area contributed by atoms with E-state index in [9.17, 15) is 0 Å². The molecule has 7 heteroatoms. The Labute approximate surface area is 190 Å². The lowest BCUT2D eigenvalue weighted by Crippen LogP contribution is -2.40. The minimum Gasteiger partial charge on any atom is -0.379 e. The van der Waals surface area contributed by atoms with E-state index in [-0.39, 0.29) is 24.0 Å². The van der Waals surface area contributed by atoms with Gasteiger partial charge in [0, 0.05) is 52.4 Å². The number of nitrogens with zero attached hydrogens (tertiary/aromatic N) is 3. The first-order chi connectivity index (χ1) is 13.2. The Balaban J connectivity index is 0.00000392. The largest absolute Gasteiger partial charge is 0.379 e. The molecule has 0 bridgehead atoms. The predicted molar refractivity (Wildman–Crippen MR) is 130 cm³/mol. The van der Waals surface area contributed by atoms with Gasteiger partial charge < -0.3 is 20.3 Å². The van der Waals surface area contributed by atoms with Crippen LogP contribution in [0.15, 0.2) is 4.99 Å².